The predicted molar refractivity (Wildman–Crippen MR) is 124 cm³/mol. The molecule has 0 unspecified atom stereocenters. The second kappa shape index (κ2) is 6.42. The Morgan fingerprint density at radius 3 is 2.08 bits per heavy atom. The molecule has 0 N–H and O–H groups in total. The van der Waals surface area contributed by atoms with Crippen molar-refractivity contribution in [2.75, 3.05) is 3.11 Å². The summed E-state index contributed by atoms with van der Waals surface area (Å²) in [4.78, 5) is 0. The molecule has 0 aliphatic rings. The lowest BCUT2D eigenvalue weighted by Crippen LogP contribution is -2.37. The lowest BCUT2D eigenvalue weighted by atomic mass is 10.1. The summed E-state index contributed by atoms with van der Waals surface area (Å²) >= 11 is 2.37. The van der Waals surface area contributed by atoms with Crippen LogP contribution in [0.1, 0.15) is 5.56 Å². The van der Waals surface area contributed by atoms with E-state index in [4.69, 9.17) is 4.42 Å². The van der Waals surface area contributed by atoms with Crippen LogP contribution in [0, 0.1) is 6.92 Å². The van der Waals surface area contributed by atoms with E-state index in [-0.39, 0.29) is 0 Å². The number of halogens is 1. The third-order valence-electron chi connectivity index (χ3n) is 4.87. The van der Waals surface area contributed by atoms with Crippen LogP contribution >= 0.6 is 22.9 Å². The molecule has 26 heavy (non-hydrogen) atoms. The Balaban J connectivity index is 1.83. The Labute approximate surface area is 169 Å². The summed E-state index contributed by atoms with van der Waals surface area (Å²) in [6.07, 6.45) is 0. The van der Waals surface area contributed by atoms with Gasteiger partial charge >= 0.3 is 0 Å². The highest BCUT2D eigenvalue weighted by molar-refractivity contribution is 14.1. The third-order valence-corrected chi connectivity index (χ3v) is 8.01. The fourth-order valence-corrected chi connectivity index (χ4v) is 5.20. The lowest BCUT2D eigenvalue weighted by molar-refractivity contribution is 0.666. The zero-order valence-electron chi connectivity index (χ0n) is 15.5. The van der Waals surface area contributed by atoms with E-state index in [1.807, 2.05) is 0 Å². The van der Waals surface area contributed by atoms with E-state index < -0.39 is 8.07 Å². The standard InChI is InChI=1S/C22H22INOSi/c1-15-7-5-8-18-19-9-6-10-20(22(19)25-21(15)18)24(23)16-11-13-17(14-12-16)26(2,3)4/h5-14H,1-4H3. The third kappa shape index (κ3) is 2.95. The molecule has 0 atom stereocenters. The van der Waals surface area contributed by atoms with Gasteiger partial charge in [-0.3, -0.25) is 3.11 Å². The van der Waals surface area contributed by atoms with Crippen LogP contribution < -0.4 is 8.30 Å². The summed E-state index contributed by atoms with van der Waals surface area (Å²) < 4.78 is 8.48. The van der Waals surface area contributed by atoms with Crippen molar-refractivity contribution in [2.24, 2.45) is 0 Å². The first-order chi connectivity index (χ1) is 12.4. The molecule has 0 aliphatic carbocycles. The highest BCUT2D eigenvalue weighted by atomic mass is 127. The Kier molecular flexibility index (Phi) is 4.35. The number of fused-ring (bicyclic) bond motifs is 3. The maximum atomic E-state index is 6.30. The smallest absolute Gasteiger partial charge is 0.159 e. The molecule has 0 bridgehead atoms. The normalized spacial score (nSPS) is 12.0. The molecule has 1 heterocycles. The highest BCUT2D eigenvalue weighted by Crippen LogP contribution is 2.40. The summed E-state index contributed by atoms with van der Waals surface area (Å²) in [7, 11) is -1.28. The van der Waals surface area contributed by atoms with Crippen LogP contribution in [0.25, 0.3) is 21.9 Å². The molecule has 4 rings (SSSR count). The number of hydrogen-bond donors (Lipinski definition) is 0. The van der Waals surface area contributed by atoms with E-state index in [1.54, 1.807) is 0 Å². The summed E-state index contributed by atoms with van der Waals surface area (Å²) in [6, 6.07) is 21.7. The average molecular weight is 471 g/mol. The van der Waals surface area contributed by atoms with Gasteiger partial charge in [-0.15, -0.1) is 0 Å². The average Bonchev–Trinajstić information content (AvgIpc) is 3.01. The van der Waals surface area contributed by atoms with Crippen molar-refractivity contribution >= 4 is 69.4 Å². The molecule has 0 amide bonds. The fraction of sp³-hybridized carbons (Fsp3) is 0.182. The van der Waals surface area contributed by atoms with E-state index in [0.29, 0.717) is 0 Å². The monoisotopic (exact) mass is 471 g/mol. The van der Waals surface area contributed by atoms with Crippen LogP contribution in [0.4, 0.5) is 11.4 Å². The highest BCUT2D eigenvalue weighted by Gasteiger charge is 2.18. The van der Waals surface area contributed by atoms with Gasteiger partial charge in [0.1, 0.15) is 5.58 Å². The van der Waals surface area contributed by atoms with Crippen LogP contribution in [0.15, 0.2) is 65.1 Å². The zero-order valence-corrected chi connectivity index (χ0v) is 18.7. The molecule has 0 saturated heterocycles. The van der Waals surface area contributed by atoms with Gasteiger partial charge in [-0.05, 0) is 30.7 Å². The van der Waals surface area contributed by atoms with Gasteiger partial charge in [-0.1, -0.05) is 67.3 Å². The minimum absolute atomic E-state index is 0.945. The van der Waals surface area contributed by atoms with Gasteiger partial charge in [0.15, 0.2) is 5.58 Å². The summed E-state index contributed by atoms with van der Waals surface area (Å²) in [5.41, 5.74) is 5.34. The van der Waals surface area contributed by atoms with E-state index in [9.17, 15) is 0 Å². The van der Waals surface area contributed by atoms with E-state index in [0.717, 1.165) is 22.5 Å². The molecule has 0 fully saturated rings. The van der Waals surface area contributed by atoms with Crippen LogP contribution in [-0.4, -0.2) is 8.07 Å². The SMILES string of the molecule is Cc1cccc2c1oc1c(N(I)c3ccc([Si](C)(C)C)cc3)cccc12. The molecular weight excluding hydrogens is 449 g/mol. The van der Waals surface area contributed by atoms with Crippen molar-refractivity contribution in [3.63, 3.8) is 0 Å². The molecule has 2 nitrogen and oxygen atoms in total. The lowest BCUT2D eigenvalue weighted by Gasteiger charge is -2.20. The van der Waals surface area contributed by atoms with Crippen molar-refractivity contribution in [1.29, 1.82) is 0 Å². The topological polar surface area (TPSA) is 16.4 Å². The second-order valence-corrected chi connectivity index (χ2v) is 13.8. The fourth-order valence-electron chi connectivity index (χ4n) is 3.33. The van der Waals surface area contributed by atoms with Crippen molar-refractivity contribution in [3.8, 4) is 0 Å². The van der Waals surface area contributed by atoms with E-state index >= 15 is 0 Å². The Morgan fingerprint density at radius 2 is 1.42 bits per heavy atom. The number of aryl methyl sites for hydroxylation is 1. The van der Waals surface area contributed by atoms with Crippen LogP contribution in [0.2, 0.25) is 19.6 Å². The molecule has 4 aromatic rings. The van der Waals surface area contributed by atoms with Gasteiger partial charge in [0.25, 0.3) is 0 Å². The van der Waals surface area contributed by atoms with Crippen LogP contribution in [0.3, 0.4) is 0 Å². The number of nitrogens with zero attached hydrogens (tertiary/aromatic N) is 1. The number of anilines is 2. The number of furan rings is 1. The Bertz CT molecular complexity index is 1090. The van der Waals surface area contributed by atoms with E-state index in [2.05, 4.69) is 113 Å². The van der Waals surface area contributed by atoms with Gasteiger partial charge in [0.05, 0.1) is 42.3 Å². The van der Waals surface area contributed by atoms with Gasteiger partial charge in [-0.25, -0.2) is 0 Å². The molecule has 0 saturated carbocycles. The summed E-state index contributed by atoms with van der Waals surface area (Å²) in [5.74, 6) is 0. The summed E-state index contributed by atoms with van der Waals surface area (Å²) in [5, 5.41) is 3.82. The van der Waals surface area contributed by atoms with Gasteiger partial charge in [-0.2, -0.15) is 0 Å². The first-order valence-electron chi connectivity index (χ1n) is 8.83. The molecule has 3 aromatic carbocycles. The van der Waals surface area contributed by atoms with Crippen molar-refractivity contribution < 1.29 is 4.42 Å². The predicted octanol–water partition coefficient (Wildman–Crippen LogP) is 6.93. The van der Waals surface area contributed by atoms with Crippen LogP contribution in [0.5, 0.6) is 0 Å². The number of rotatable bonds is 3. The first kappa shape index (κ1) is 17.6. The number of para-hydroxylation sites is 2. The molecule has 0 spiro atoms. The van der Waals surface area contributed by atoms with Crippen molar-refractivity contribution in [2.45, 2.75) is 26.6 Å². The molecule has 0 aliphatic heterocycles. The number of hydrogen-bond acceptors (Lipinski definition) is 2. The van der Waals surface area contributed by atoms with E-state index in [1.165, 1.54) is 21.5 Å². The molecule has 132 valence electrons. The molecule has 0 radical (unpaired) electrons. The Hall–Kier alpha value is -1.79. The zero-order chi connectivity index (χ0) is 18.5. The minimum Gasteiger partial charge on any atom is -0.454 e. The van der Waals surface area contributed by atoms with Gasteiger partial charge in [0.2, 0.25) is 0 Å². The number of benzene rings is 3. The maximum Gasteiger partial charge on any atom is 0.159 e. The largest absolute Gasteiger partial charge is 0.454 e. The van der Waals surface area contributed by atoms with Crippen LogP contribution in [-0.2, 0) is 0 Å². The van der Waals surface area contributed by atoms with Gasteiger partial charge < -0.3 is 4.42 Å². The first-order valence-corrected chi connectivity index (χ1v) is 13.3. The minimum atomic E-state index is -1.28. The molecular formula is C22H22INOSi. The maximum absolute atomic E-state index is 6.30. The van der Waals surface area contributed by atoms with Crippen molar-refractivity contribution in [3.05, 3.63) is 66.2 Å². The molecule has 1 aromatic heterocycles. The Morgan fingerprint density at radius 1 is 0.808 bits per heavy atom. The molecule has 4 heteroatoms. The van der Waals surface area contributed by atoms with Crippen molar-refractivity contribution in [1.82, 2.24) is 0 Å². The summed E-state index contributed by atoms with van der Waals surface area (Å²) in [6.45, 7) is 9.23. The second-order valence-electron chi connectivity index (χ2n) is 7.79. The van der Waals surface area contributed by atoms with Gasteiger partial charge in [0, 0.05) is 10.8 Å². The quantitative estimate of drug-likeness (QED) is 0.183.